The van der Waals surface area contributed by atoms with Crippen LogP contribution in [0.4, 0.5) is 10.8 Å². The molecule has 2 amide bonds. The number of thiazole rings is 1. The molecule has 0 bridgehead atoms. The number of carbonyl (C=O) groups is 2. The van der Waals surface area contributed by atoms with Crippen LogP contribution in [0.5, 0.6) is 11.5 Å². The summed E-state index contributed by atoms with van der Waals surface area (Å²) < 4.78 is 10.8. The SMILES string of the molecule is CC(=O)N(c1ccccc1)c1nc(/C=C/C(=O)NC(C)(C)c2ccc3c(c2)OCO3)cs1. The first kappa shape index (κ1) is 21.6. The molecule has 2 aromatic carbocycles. The standard InChI is InChI=1S/C24H23N3O4S/c1-16(28)27(19-7-5-4-6-8-19)23-25-18(14-32-23)10-12-22(29)26-24(2,3)17-9-11-20-21(13-17)31-15-30-20/h4-14H,15H2,1-3H3,(H,26,29)/b12-10+. The van der Waals surface area contributed by atoms with E-state index >= 15 is 0 Å². The van der Waals surface area contributed by atoms with Crippen LogP contribution in [0, 0.1) is 0 Å². The molecule has 1 N–H and O–H groups in total. The van der Waals surface area contributed by atoms with Crippen molar-refractivity contribution in [1.29, 1.82) is 0 Å². The molecule has 8 heteroatoms. The molecule has 0 spiro atoms. The Morgan fingerprint density at radius 3 is 2.62 bits per heavy atom. The fourth-order valence-electron chi connectivity index (χ4n) is 3.33. The first-order valence-corrected chi connectivity index (χ1v) is 10.9. The minimum Gasteiger partial charge on any atom is -0.454 e. The van der Waals surface area contributed by atoms with Crippen LogP contribution in [-0.2, 0) is 15.1 Å². The number of amides is 2. The number of aromatic nitrogens is 1. The van der Waals surface area contributed by atoms with Crippen molar-refractivity contribution in [3.05, 3.63) is 71.2 Å². The van der Waals surface area contributed by atoms with Crippen LogP contribution in [0.2, 0.25) is 0 Å². The molecule has 0 atom stereocenters. The van der Waals surface area contributed by atoms with Crippen LogP contribution in [0.25, 0.3) is 6.08 Å². The first-order valence-electron chi connectivity index (χ1n) is 10.0. The van der Waals surface area contributed by atoms with Crippen molar-refractivity contribution in [2.45, 2.75) is 26.3 Å². The van der Waals surface area contributed by atoms with Gasteiger partial charge in [-0.1, -0.05) is 24.3 Å². The third-order valence-corrected chi connectivity index (χ3v) is 5.81. The lowest BCUT2D eigenvalue weighted by Crippen LogP contribution is -2.40. The number of hydrogen-bond acceptors (Lipinski definition) is 6. The Bertz CT molecular complexity index is 1170. The third kappa shape index (κ3) is 4.65. The zero-order valence-electron chi connectivity index (χ0n) is 18.0. The van der Waals surface area contributed by atoms with Crippen LogP contribution >= 0.6 is 11.3 Å². The summed E-state index contributed by atoms with van der Waals surface area (Å²) >= 11 is 1.34. The summed E-state index contributed by atoms with van der Waals surface area (Å²) in [5, 5.41) is 5.35. The quantitative estimate of drug-likeness (QED) is 0.556. The second-order valence-corrected chi connectivity index (χ2v) is 8.60. The lowest BCUT2D eigenvalue weighted by molar-refractivity contribution is -0.118. The molecule has 0 radical (unpaired) electrons. The highest BCUT2D eigenvalue weighted by Gasteiger charge is 2.25. The van der Waals surface area contributed by atoms with Crippen molar-refractivity contribution in [1.82, 2.24) is 10.3 Å². The van der Waals surface area contributed by atoms with E-state index in [1.807, 2.05) is 62.4 Å². The van der Waals surface area contributed by atoms with Gasteiger partial charge in [-0.2, -0.15) is 0 Å². The fourth-order valence-corrected chi connectivity index (χ4v) is 4.18. The Morgan fingerprint density at radius 1 is 1.12 bits per heavy atom. The van der Waals surface area contributed by atoms with Crippen molar-refractivity contribution in [2.75, 3.05) is 11.7 Å². The van der Waals surface area contributed by atoms with E-state index in [2.05, 4.69) is 10.3 Å². The Balaban J connectivity index is 1.45. The van der Waals surface area contributed by atoms with E-state index in [9.17, 15) is 9.59 Å². The zero-order valence-corrected chi connectivity index (χ0v) is 18.8. The summed E-state index contributed by atoms with van der Waals surface area (Å²) in [6.07, 6.45) is 3.07. The Morgan fingerprint density at radius 2 is 1.88 bits per heavy atom. The van der Waals surface area contributed by atoms with Gasteiger partial charge in [0, 0.05) is 18.4 Å². The molecule has 2 heterocycles. The monoisotopic (exact) mass is 449 g/mol. The van der Waals surface area contributed by atoms with E-state index in [1.54, 1.807) is 16.4 Å². The van der Waals surface area contributed by atoms with Gasteiger partial charge in [0.15, 0.2) is 16.6 Å². The second-order valence-electron chi connectivity index (χ2n) is 7.76. The van der Waals surface area contributed by atoms with Crippen LogP contribution in [0.15, 0.2) is 60.0 Å². The number of benzene rings is 2. The second kappa shape index (κ2) is 8.84. The molecule has 0 aliphatic carbocycles. The number of hydrogen-bond donors (Lipinski definition) is 1. The molecule has 1 aromatic heterocycles. The number of nitrogens with zero attached hydrogens (tertiary/aromatic N) is 2. The van der Waals surface area contributed by atoms with Crippen molar-refractivity contribution in [2.24, 2.45) is 0 Å². The van der Waals surface area contributed by atoms with Gasteiger partial charge >= 0.3 is 0 Å². The Hall–Kier alpha value is -3.65. The van der Waals surface area contributed by atoms with Gasteiger partial charge in [0.25, 0.3) is 0 Å². The van der Waals surface area contributed by atoms with Gasteiger partial charge in [-0.25, -0.2) is 4.98 Å². The highest BCUT2D eigenvalue weighted by Crippen LogP contribution is 2.35. The summed E-state index contributed by atoms with van der Waals surface area (Å²) in [7, 11) is 0. The topological polar surface area (TPSA) is 80.8 Å². The summed E-state index contributed by atoms with van der Waals surface area (Å²) in [4.78, 5) is 30.8. The lowest BCUT2D eigenvalue weighted by atomic mass is 9.94. The summed E-state index contributed by atoms with van der Waals surface area (Å²) in [6, 6.07) is 14.9. The predicted octanol–water partition coefficient (Wildman–Crippen LogP) is 4.62. The molecule has 4 rings (SSSR count). The van der Waals surface area contributed by atoms with Gasteiger partial charge in [-0.3, -0.25) is 14.5 Å². The summed E-state index contributed by atoms with van der Waals surface area (Å²) in [6.45, 7) is 5.54. The van der Waals surface area contributed by atoms with Gasteiger partial charge in [-0.05, 0) is 49.8 Å². The maximum Gasteiger partial charge on any atom is 0.244 e. The zero-order chi connectivity index (χ0) is 22.7. The molecule has 0 saturated carbocycles. The number of para-hydroxylation sites is 1. The van der Waals surface area contributed by atoms with Crippen molar-refractivity contribution in [3.8, 4) is 11.5 Å². The average Bonchev–Trinajstić information content (AvgIpc) is 3.41. The van der Waals surface area contributed by atoms with E-state index in [-0.39, 0.29) is 18.6 Å². The largest absolute Gasteiger partial charge is 0.454 e. The van der Waals surface area contributed by atoms with E-state index in [4.69, 9.17) is 9.47 Å². The maximum atomic E-state index is 12.6. The van der Waals surface area contributed by atoms with Gasteiger partial charge in [0.2, 0.25) is 18.6 Å². The molecular weight excluding hydrogens is 426 g/mol. The molecule has 7 nitrogen and oxygen atoms in total. The van der Waals surface area contributed by atoms with Crippen LogP contribution in [0.3, 0.4) is 0 Å². The number of fused-ring (bicyclic) bond motifs is 1. The normalized spacial score (nSPS) is 12.7. The van der Waals surface area contributed by atoms with Crippen molar-refractivity contribution in [3.63, 3.8) is 0 Å². The molecular formula is C24H23N3O4S. The maximum absolute atomic E-state index is 12.6. The number of ether oxygens (including phenoxy) is 2. The molecule has 0 unspecified atom stereocenters. The van der Waals surface area contributed by atoms with Gasteiger partial charge < -0.3 is 14.8 Å². The minimum absolute atomic E-state index is 0.135. The molecule has 1 aliphatic heterocycles. The van der Waals surface area contributed by atoms with Crippen LogP contribution < -0.4 is 19.7 Å². The van der Waals surface area contributed by atoms with Crippen LogP contribution in [0.1, 0.15) is 32.0 Å². The van der Waals surface area contributed by atoms with E-state index < -0.39 is 5.54 Å². The highest BCUT2D eigenvalue weighted by atomic mass is 32.1. The first-order chi connectivity index (χ1) is 15.3. The highest BCUT2D eigenvalue weighted by molar-refractivity contribution is 7.14. The van der Waals surface area contributed by atoms with Crippen LogP contribution in [-0.4, -0.2) is 23.6 Å². The predicted molar refractivity (Wildman–Crippen MR) is 124 cm³/mol. The Labute approximate surface area is 190 Å². The molecule has 1 aliphatic rings. The molecule has 32 heavy (non-hydrogen) atoms. The Kier molecular flexibility index (Phi) is 5.96. The number of carbonyl (C=O) groups excluding carboxylic acids is 2. The van der Waals surface area contributed by atoms with E-state index in [0.29, 0.717) is 22.3 Å². The number of anilines is 2. The number of nitrogens with one attached hydrogen (secondary N) is 1. The minimum atomic E-state index is -0.617. The smallest absolute Gasteiger partial charge is 0.244 e. The average molecular weight is 450 g/mol. The van der Waals surface area contributed by atoms with Gasteiger partial charge in [0.1, 0.15) is 0 Å². The molecule has 164 valence electrons. The van der Waals surface area contributed by atoms with Crippen molar-refractivity contribution < 1.29 is 19.1 Å². The molecule has 0 fully saturated rings. The van der Waals surface area contributed by atoms with Crippen molar-refractivity contribution >= 4 is 40.0 Å². The van der Waals surface area contributed by atoms with E-state index in [0.717, 1.165) is 11.3 Å². The molecule has 3 aromatic rings. The fraction of sp³-hybridized carbons (Fsp3) is 0.208. The van der Waals surface area contributed by atoms with E-state index in [1.165, 1.54) is 24.3 Å². The molecule has 0 saturated heterocycles. The van der Waals surface area contributed by atoms with Gasteiger partial charge in [0.05, 0.1) is 16.9 Å². The van der Waals surface area contributed by atoms with Gasteiger partial charge in [-0.15, -0.1) is 11.3 Å². The summed E-state index contributed by atoms with van der Waals surface area (Å²) in [5.41, 5.74) is 1.63. The third-order valence-electron chi connectivity index (χ3n) is 4.97. The number of rotatable bonds is 6. The summed E-state index contributed by atoms with van der Waals surface area (Å²) in [5.74, 6) is 0.979. The lowest BCUT2D eigenvalue weighted by Gasteiger charge is -2.26.